The molecule has 11 rings (SSSR count). The molecular formula is C45H32BrN3O5S. The molecule has 5 aromatic carbocycles. The zero-order chi connectivity index (χ0) is 37.7. The minimum absolute atomic E-state index is 0.164. The van der Waals surface area contributed by atoms with Crippen LogP contribution < -0.4 is 19.8 Å². The molecule has 5 aliphatic rings. The number of hydrogen-bond donors (Lipinski definition) is 0. The number of allylic oxidation sites excluding steroid dienone is 1. The fourth-order valence-electron chi connectivity index (χ4n) is 9.70. The second-order valence-corrected chi connectivity index (χ2v) is 16.3. The average molecular weight is 807 g/mol. The Balaban J connectivity index is 1.26. The van der Waals surface area contributed by atoms with Crippen LogP contribution in [-0.2, 0) is 24.5 Å². The Hall–Kier alpha value is -5.71. The first-order chi connectivity index (χ1) is 26.7. The van der Waals surface area contributed by atoms with Crippen molar-refractivity contribution in [2.75, 3.05) is 11.5 Å². The molecule has 1 fully saturated rings. The highest BCUT2D eigenvalue weighted by atomic mass is 79.9. The predicted molar refractivity (Wildman–Crippen MR) is 214 cm³/mol. The number of amides is 2. The van der Waals surface area contributed by atoms with E-state index in [-0.39, 0.29) is 29.9 Å². The second kappa shape index (κ2) is 12.4. The summed E-state index contributed by atoms with van der Waals surface area (Å²) < 4.78 is 8.39. The second-order valence-electron chi connectivity index (χ2n) is 14.4. The normalized spacial score (nSPS) is 23.7. The van der Waals surface area contributed by atoms with E-state index < -0.39 is 29.3 Å². The van der Waals surface area contributed by atoms with Gasteiger partial charge < -0.3 is 4.74 Å². The van der Waals surface area contributed by atoms with Gasteiger partial charge in [-0.3, -0.25) is 19.0 Å². The van der Waals surface area contributed by atoms with Crippen LogP contribution in [0.3, 0.4) is 0 Å². The van der Waals surface area contributed by atoms with Crippen molar-refractivity contribution in [3.8, 4) is 0 Å². The molecule has 270 valence electrons. The zero-order valence-electron chi connectivity index (χ0n) is 29.7. The third kappa shape index (κ3) is 4.64. The SMILES string of the molecule is CCOC(=O)C1=C(C)N=c2s/c(=C/C34c5ccccc5C(c5ccccc53)[C@@H]3C(=O)N(c5ccc(Br)cc5)C(=O)[C@@H]34)c(=O)n2[C@@H]1c1cccc2ccccc12. The van der Waals surface area contributed by atoms with E-state index in [4.69, 9.17) is 9.73 Å². The first kappa shape index (κ1) is 33.8. The van der Waals surface area contributed by atoms with Gasteiger partial charge in [-0.25, -0.2) is 14.7 Å². The smallest absolute Gasteiger partial charge is 0.338 e. The van der Waals surface area contributed by atoms with Crippen LogP contribution in [0.2, 0.25) is 0 Å². The Kier molecular flexibility index (Phi) is 7.63. The van der Waals surface area contributed by atoms with Crippen LogP contribution in [0.15, 0.2) is 141 Å². The molecule has 1 saturated heterocycles. The van der Waals surface area contributed by atoms with Crippen molar-refractivity contribution in [1.29, 1.82) is 0 Å². The number of ether oxygens (including phenoxy) is 1. The van der Waals surface area contributed by atoms with E-state index in [9.17, 15) is 9.59 Å². The molecule has 2 aliphatic heterocycles. The molecule has 6 aromatic rings. The van der Waals surface area contributed by atoms with Crippen LogP contribution in [0, 0.1) is 11.8 Å². The number of esters is 1. The number of rotatable bonds is 5. The summed E-state index contributed by atoms with van der Waals surface area (Å²) in [7, 11) is 0. The summed E-state index contributed by atoms with van der Waals surface area (Å²) >= 11 is 4.72. The van der Waals surface area contributed by atoms with Crippen molar-refractivity contribution in [2.45, 2.75) is 31.2 Å². The number of carbonyl (C=O) groups excluding carboxylic acids is 3. The highest BCUT2D eigenvalue weighted by Gasteiger charge is 2.67. The number of anilines is 1. The summed E-state index contributed by atoms with van der Waals surface area (Å²) in [6, 6.07) is 36.2. The van der Waals surface area contributed by atoms with Gasteiger partial charge in [0.1, 0.15) is 0 Å². The van der Waals surface area contributed by atoms with Crippen LogP contribution in [-0.4, -0.2) is 29.0 Å². The van der Waals surface area contributed by atoms with E-state index in [1.165, 1.54) is 16.2 Å². The minimum Gasteiger partial charge on any atom is -0.463 e. The number of halogens is 1. The molecule has 3 aliphatic carbocycles. The van der Waals surface area contributed by atoms with Crippen molar-refractivity contribution < 1.29 is 19.1 Å². The molecule has 0 unspecified atom stereocenters. The Labute approximate surface area is 327 Å². The molecule has 0 radical (unpaired) electrons. The number of imide groups is 1. The van der Waals surface area contributed by atoms with Gasteiger partial charge in [0.15, 0.2) is 4.80 Å². The summed E-state index contributed by atoms with van der Waals surface area (Å²) in [5, 5.41) is 1.87. The van der Waals surface area contributed by atoms with E-state index in [0.717, 1.165) is 43.1 Å². The lowest BCUT2D eigenvalue weighted by atomic mass is 9.47. The van der Waals surface area contributed by atoms with Gasteiger partial charge in [0.05, 0.1) is 51.4 Å². The summed E-state index contributed by atoms with van der Waals surface area (Å²) in [5.74, 6) is -2.94. The molecule has 2 amide bonds. The lowest BCUT2D eigenvalue weighted by Gasteiger charge is -2.53. The van der Waals surface area contributed by atoms with Crippen molar-refractivity contribution in [2.24, 2.45) is 16.8 Å². The third-order valence-electron chi connectivity index (χ3n) is 11.8. The molecule has 3 heterocycles. The first-order valence-corrected chi connectivity index (χ1v) is 19.9. The summed E-state index contributed by atoms with van der Waals surface area (Å²) in [6.45, 7) is 3.69. The maximum atomic E-state index is 15.2. The number of nitrogens with zero attached hydrogens (tertiary/aromatic N) is 3. The van der Waals surface area contributed by atoms with E-state index in [1.807, 2.05) is 109 Å². The maximum absolute atomic E-state index is 15.2. The van der Waals surface area contributed by atoms with Crippen molar-refractivity contribution in [1.82, 2.24) is 4.57 Å². The van der Waals surface area contributed by atoms with Crippen LogP contribution >= 0.6 is 27.3 Å². The third-order valence-corrected chi connectivity index (χ3v) is 13.3. The summed E-state index contributed by atoms with van der Waals surface area (Å²) in [4.78, 5) is 65.4. The average Bonchev–Trinajstić information content (AvgIpc) is 3.65. The van der Waals surface area contributed by atoms with Crippen molar-refractivity contribution >= 4 is 67.6 Å². The summed E-state index contributed by atoms with van der Waals surface area (Å²) in [5.41, 5.74) is 4.28. The van der Waals surface area contributed by atoms with Gasteiger partial charge in [0.25, 0.3) is 5.56 Å². The van der Waals surface area contributed by atoms with Gasteiger partial charge in [-0.15, -0.1) is 0 Å². The van der Waals surface area contributed by atoms with Crippen molar-refractivity contribution in [3.63, 3.8) is 0 Å². The molecule has 8 nitrogen and oxygen atoms in total. The van der Waals surface area contributed by atoms with Crippen LogP contribution in [0.25, 0.3) is 16.8 Å². The molecule has 55 heavy (non-hydrogen) atoms. The fraction of sp³-hybridized carbons (Fsp3) is 0.178. The van der Waals surface area contributed by atoms with Crippen LogP contribution in [0.5, 0.6) is 0 Å². The van der Waals surface area contributed by atoms with Crippen molar-refractivity contribution in [3.05, 3.63) is 179 Å². The number of fused-ring (bicyclic) bond motifs is 2. The quantitative estimate of drug-likeness (QED) is 0.139. The lowest BCUT2D eigenvalue weighted by molar-refractivity contribution is -0.139. The van der Waals surface area contributed by atoms with E-state index in [1.54, 1.807) is 30.5 Å². The van der Waals surface area contributed by atoms with E-state index in [0.29, 0.717) is 26.3 Å². The Morgan fingerprint density at radius 2 is 1.47 bits per heavy atom. The zero-order valence-corrected chi connectivity index (χ0v) is 32.1. The topological polar surface area (TPSA) is 98.0 Å². The van der Waals surface area contributed by atoms with E-state index >= 15 is 9.59 Å². The lowest BCUT2D eigenvalue weighted by Crippen LogP contribution is -2.53. The number of hydrogen-bond acceptors (Lipinski definition) is 7. The Bertz CT molecular complexity index is 2840. The van der Waals surface area contributed by atoms with Gasteiger partial charge in [-0.05, 0) is 82.8 Å². The molecule has 3 atom stereocenters. The van der Waals surface area contributed by atoms with Gasteiger partial charge in [0, 0.05) is 10.4 Å². The van der Waals surface area contributed by atoms with Gasteiger partial charge >= 0.3 is 5.97 Å². The van der Waals surface area contributed by atoms with E-state index in [2.05, 4.69) is 15.9 Å². The number of benzene rings is 5. The molecule has 1 aromatic heterocycles. The predicted octanol–water partition coefficient (Wildman–Crippen LogP) is 6.92. The summed E-state index contributed by atoms with van der Waals surface area (Å²) in [6.07, 6.45) is 1.93. The fourth-order valence-corrected chi connectivity index (χ4v) is 11.1. The largest absolute Gasteiger partial charge is 0.463 e. The van der Waals surface area contributed by atoms with Gasteiger partial charge in [-0.1, -0.05) is 118 Å². The molecular weight excluding hydrogens is 774 g/mol. The maximum Gasteiger partial charge on any atom is 0.338 e. The molecule has 2 bridgehead atoms. The highest BCUT2D eigenvalue weighted by molar-refractivity contribution is 9.10. The van der Waals surface area contributed by atoms with Crippen LogP contribution in [0.4, 0.5) is 5.69 Å². The Morgan fingerprint density at radius 3 is 2.18 bits per heavy atom. The molecule has 10 heteroatoms. The van der Waals surface area contributed by atoms with Crippen LogP contribution in [0.1, 0.15) is 53.6 Å². The number of carbonyl (C=O) groups is 3. The standard InChI is InChI=1S/C45H32BrN3O5S/c1-3-54-43(53)35-24(2)47-44-49(39(35)29-16-10-12-25-11-4-5-13-28(25)29)40(50)34(55-44)23-45-32-17-8-6-14-30(32)36(31-15-7-9-18-33(31)45)37-38(45)42(52)48(41(37)51)27-21-19-26(46)20-22-27/h4-23,36-39H,3H2,1-2H3/b34-23+/t36?,37-,38+,39+,45?/m0/s1. The molecule has 0 spiro atoms. The molecule has 0 saturated carbocycles. The molecule has 0 N–H and O–H groups in total. The Morgan fingerprint density at radius 1 is 0.836 bits per heavy atom. The van der Waals surface area contributed by atoms with Gasteiger partial charge in [-0.2, -0.15) is 0 Å². The number of thiazole rings is 1. The highest BCUT2D eigenvalue weighted by Crippen LogP contribution is 2.65. The minimum atomic E-state index is -1.17. The first-order valence-electron chi connectivity index (χ1n) is 18.2. The monoisotopic (exact) mass is 805 g/mol. The number of aromatic nitrogens is 1. The van der Waals surface area contributed by atoms with Gasteiger partial charge in [0.2, 0.25) is 11.8 Å².